The number of carboxylic acids is 1. The average Bonchev–Trinajstić information content (AvgIpc) is 2.97. The van der Waals surface area contributed by atoms with Crippen LogP contribution in [-0.4, -0.2) is 91.0 Å². The number of piperidine rings is 2. The largest absolute Gasteiger partial charge is 0.484 e. The predicted octanol–water partition coefficient (Wildman–Crippen LogP) is 0.778. The van der Waals surface area contributed by atoms with Gasteiger partial charge in [0.1, 0.15) is 5.75 Å². The van der Waals surface area contributed by atoms with Crippen molar-refractivity contribution in [3.63, 3.8) is 0 Å². The Balaban J connectivity index is 1.64. The van der Waals surface area contributed by atoms with E-state index in [1.807, 2.05) is 0 Å². The first-order valence-corrected chi connectivity index (χ1v) is 13.5. The summed E-state index contributed by atoms with van der Waals surface area (Å²) in [5.74, 6) is -2.17. The molecule has 214 valence electrons. The summed E-state index contributed by atoms with van der Waals surface area (Å²) >= 11 is 0. The normalized spacial score (nSPS) is 17.8. The zero-order valence-corrected chi connectivity index (χ0v) is 22.4. The number of ether oxygens (including phenoxy) is 1. The monoisotopic (exact) mass is 545 g/mol. The van der Waals surface area contributed by atoms with Gasteiger partial charge < -0.3 is 25.4 Å². The van der Waals surface area contributed by atoms with Crippen LogP contribution in [0.1, 0.15) is 55.3 Å². The van der Waals surface area contributed by atoms with Crippen molar-refractivity contribution in [2.75, 3.05) is 46.4 Å². The standard InChI is InChI=1S/C27H39N5O7/c1-28-23(33)18-39-22-7-5-20(6-8-22)26(37)32(30-15-12-25(35)36)27(38)21-3-2-16-31(17-21)24(34)9-4-19-10-13-29-14-11-19/h5-8,19,21,29-30H,2-4,9-18H2,1H3,(H,28,33)(H,35,36)/t21-/m1/s1. The van der Waals surface area contributed by atoms with Gasteiger partial charge in [0.2, 0.25) is 11.8 Å². The lowest BCUT2D eigenvalue weighted by molar-refractivity contribution is -0.142. The molecule has 39 heavy (non-hydrogen) atoms. The van der Waals surface area contributed by atoms with Crippen molar-refractivity contribution < 1.29 is 33.8 Å². The van der Waals surface area contributed by atoms with Gasteiger partial charge in [0.05, 0.1) is 12.3 Å². The van der Waals surface area contributed by atoms with Crippen molar-refractivity contribution in [2.45, 2.75) is 44.9 Å². The summed E-state index contributed by atoms with van der Waals surface area (Å²) in [6.45, 7) is 2.45. The van der Waals surface area contributed by atoms with E-state index in [0.29, 0.717) is 37.5 Å². The molecule has 12 heteroatoms. The van der Waals surface area contributed by atoms with Crippen LogP contribution in [0, 0.1) is 11.8 Å². The number of nitrogens with zero attached hydrogens (tertiary/aromatic N) is 2. The minimum atomic E-state index is -1.07. The topological polar surface area (TPSA) is 157 Å². The Morgan fingerprint density at radius 3 is 2.46 bits per heavy atom. The number of hydrogen-bond donors (Lipinski definition) is 4. The second kappa shape index (κ2) is 15.2. The van der Waals surface area contributed by atoms with Gasteiger partial charge >= 0.3 is 5.97 Å². The van der Waals surface area contributed by atoms with Gasteiger partial charge in [0, 0.05) is 38.7 Å². The Morgan fingerprint density at radius 1 is 1.08 bits per heavy atom. The predicted molar refractivity (Wildman–Crippen MR) is 142 cm³/mol. The lowest BCUT2D eigenvalue weighted by atomic mass is 9.92. The number of imide groups is 1. The molecule has 4 N–H and O–H groups in total. The molecule has 2 saturated heterocycles. The summed E-state index contributed by atoms with van der Waals surface area (Å²) < 4.78 is 5.36. The maximum absolute atomic E-state index is 13.5. The van der Waals surface area contributed by atoms with Gasteiger partial charge in [-0.05, 0) is 75.4 Å². The molecule has 0 aromatic heterocycles. The highest BCUT2D eigenvalue weighted by Crippen LogP contribution is 2.23. The van der Waals surface area contributed by atoms with Gasteiger partial charge in [-0.25, -0.2) is 10.4 Å². The third kappa shape index (κ3) is 9.32. The fourth-order valence-electron chi connectivity index (χ4n) is 4.81. The fourth-order valence-corrected chi connectivity index (χ4v) is 4.81. The van der Waals surface area contributed by atoms with Gasteiger partial charge in [-0.2, -0.15) is 0 Å². The molecule has 0 radical (unpaired) electrons. The van der Waals surface area contributed by atoms with Crippen molar-refractivity contribution in [3.8, 4) is 5.75 Å². The molecule has 1 aromatic rings. The molecule has 4 amide bonds. The second-order valence-electron chi connectivity index (χ2n) is 9.93. The summed E-state index contributed by atoms with van der Waals surface area (Å²) in [7, 11) is 1.49. The Hall–Kier alpha value is -3.51. The van der Waals surface area contributed by atoms with Gasteiger partial charge in [-0.3, -0.25) is 24.0 Å². The molecule has 12 nitrogen and oxygen atoms in total. The van der Waals surface area contributed by atoms with Crippen molar-refractivity contribution in [1.82, 2.24) is 26.0 Å². The minimum absolute atomic E-state index is 0.0232. The summed E-state index contributed by atoms with van der Waals surface area (Å²) in [6, 6.07) is 5.97. The number of rotatable bonds is 12. The first kappa shape index (κ1) is 30.0. The molecule has 2 aliphatic rings. The number of amides is 4. The number of likely N-dealkylation sites (N-methyl/N-ethyl adjacent to an activating group) is 1. The molecular formula is C27H39N5O7. The van der Waals surface area contributed by atoms with E-state index in [0.717, 1.165) is 37.4 Å². The van der Waals surface area contributed by atoms with Crippen molar-refractivity contribution in [1.29, 1.82) is 0 Å². The van der Waals surface area contributed by atoms with Crippen molar-refractivity contribution in [2.24, 2.45) is 11.8 Å². The average molecular weight is 546 g/mol. The second-order valence-corrected chi connectivity index (χ2v) is 9.93. The molecule has 0 unspecified atom stereocenters. The maximum Gasteiger partial charge on any atom is 0.304 e. The van der Waals surface area contributed by atoms with Crippen molar-refractivity contribution in [3.05, 3.63) is 29.8 Å². The number of carboxylic acid groups (broad SMARTS) is 1. The number of nitrogens with one attached hydrogen (secondary N) is 3. The van der Waals surface area contributed by atoms with E-state index in [2.05, 4.69) is 16.1 Å². The van der Waals surface area contributed by atoms with Crippen LogP contribution in [0.5, 0.6) is 5.75 Å². The summed E-state index contributed by atoms with van der Waals surface area (Å²) in [4.78, 5) is 63.9. The SMILES string of the molecule is CNC(=O)COc1ccc(C(=O)N(NCCC(=O)O)C(=O)[C@@H]2CCCN(C(=O)CCC3CCNCC3)C2)cc1. The molecule has 2 aliphatic heterocycles. The Kier molecular flexibility index (Phi) is 11.7. The quantitative estimate of drug-likeness (QED) is 0.220. The van der Waals surface area contributed by atoms with E-state index >= 15 is 0 Å². The van der Waals surface area contributed by atoms with Crippen LogP contribution in [0.3, 0.4) is 0 Å². The van der Waals surface area contributed by atoms with E-state index in [9.17, 15) is 24.0 Å². The van der Waals surface area contributed by atoms with E-state index in [-0.39, 0.29) is 43.5 Å². The smallest absolute Gasteiger partial charge is 0.304 e. The summed E-state index contributed by atoms with van der Waals surface area (Å²) in [6.07, 6.45) is 4.29. The lowest BCUT2D eigenvalue weighted by Crippen LogP contribution is -2.53. The fraction of sp³-hybridized carbons (Fsp3) is 0.593. The molecule has 2 heterocycles. The van der Waals surface area contributed by atoms with E-state index in [1.54, 1.807) is 4.90 Å². The van der Waals surface area contributed by atoms with E-state index in [4.69, 9.17) is 9.84 Å². The van der Waals surface area contributed by atoms with Crippen LogP contribution in [0.4, 0.5) is 0 Å². The third-order valence-corrected chi connectivity index (χ3v) is 7.13. The number of benzene rings is 1. The number of carbonyl (C=O) groups is 5. The first-order valence-electron chi connectivity index (χ1n) is 13.5. The number of carbonyl (C=O) groups excluding carboxylic acids is 4. The van der Waals surface area contributed by atoms with E-state index < -0.39 is 23.7 Å². The van der Waals surface area contributed by atoms with Crippen LogP contribution in [0.15, 0.2) is 24.3 Å². The number of likely N-dealkylation sites (tertiary alicyclic amines) is 1. The van der Waals surface area contributed by atoms with Crippen LogP contribution in [-0.2, 0) is 19.2 Å². The van der Waals surface area contributed by atoms with Crippen molar-refractivity contribution >= 4 is 29.6 Å². The molecule has 0 aliphatic carbocycles. The number of aliphatic carboxylic acids is 1. The van der Waals surface area contributed by atoms with Gasteiger partial charge in [-0.1, -0.05) is 0 Å². The molecule has 0 saturated carbocycles. The van der Waals surface area contributed by atoms with Crippen LogP contribution < -0.4 is 20.8 Å². The minimum Gasteiger partial charge on any atom is -0.484 e. The van der Waals surface area contributed by atoms with Crippen LogP contribution in [0.2, 0.25) is 0 Å². The van der Waals surface area contributed by atoms with Gasteiger partial charge in [-0.15, -0.1) is 0 Å². The molecule has 0 spiro atoms. The summed E-state index contributed by atoms with van der Waals surface area (Å²) in [5.41, 5.74) is 2.87. The first-order chi connectivity index (χ1) is 18.8. The lowest BCUT2D eigenvalue weighted by Gasteiger charge is -2.35. The van der Waals surface area contributed by atoms with Gasteiger partial charge in [0.15, 0.2) is 6.61 Å². The van der Waals surface area contributed by atoms with E-state index in [1.165, 1.54) is 31.3 Å². The molecule has 1 atom stereocenters. The zero-order chi connectivity index (χ0) is 28.2. The Morgan fingerprint density at radius 2 is 1.79 bits per heavy atom. The molecule has 3 rings (SSSR count). The number of hydrazine groups is 1. The van der Waals surface area contributed by atoms with Gasteiger partial charge in [0.25, 0.3) is 11.8 Å². The number of hydrogen-bond acceptors (Lipinski definition) is 8. The molecule has 1 aromatic carbocycles. The highest BCUT2D eigenvalue weighted by Gasteiger charge is 2.34. The highest BCUT2D eigenvalue weighted by molar-refractivity contribution is 6.05. The third-order valence-electron chi connectivity index (χ3n) is 7.13. The zero-order valence-electron chi connectivity index (χ0n) is 22.4. The Bertz CT molecular complexity index is 1010. The Labute approximate surface area is 228 Å². The molecular weight excluding hydrogens is 506 g/mol. The van der Waals surface area contributed by atoms with Crippen LogP contribution in [0.25, 0.3) is 0 Å². The highest BCUT2D eigenvalue weighted by atomic mass is 16.5. The van der Waals surface area contributed by atoms with Crippen LogP contribution >= 0.6 is 0 Å². The summed E-state index contributed by atoms with van der Waals surface area (Å²) in [5, 5.41) is 15.7. The molecule has 0 bridgehead atoms. The molecule has 2 fully saturated rings. The maximum atomic E-state index is 13.5.